The predicted molar refractivity (Wildman–Crippen MR) is 121 cm³/mol. The summed E-state index contributed by atoms with van der Waals surface area (Å²) >= 11 is 0. The molecule has 0 spiro atoms. The fourth-order valence-electron chi connectivity index (χ4n) is 5.27. The number of hydrogen-bond acceptors (Lipinski definition) is 2. The molecule has 0 saturated heterocycles. The van der Waals surface area contributed by atoms with Crippen molar-refractivity contribution in [1.29, 1.82) is 0 Å². The summed E-state index contributed by atoms with van der Waals surface area (Å²) in [6.45, 7) is 0. The fourth-order valence-corrected chi connectivity index (χ4v) is 5.27. The molecule has 6 rings (SSSR count). The molecule has 0 fully saturated rings. The minimum absolute atomic E-state index is 0.451. The zero-order chi connectivity index (χ0) is 20.1. The minimum atomic E-state index is 0.451. The summed E-state index contributed by atoms with van der Waals surface area (Å²) in [5.74, 6) is 3.47. The van der Waals surface area contributed by atoms with E-state index in [1.165, 1.54) is 39.0 Å². The molecule has 2 aromatic rings. The standard InChI is InChI=1S/C28H24O2/c1-29-21-14-10-20(11-15-21)26-24-16-12-18-6-2-4-8-22(18)27(24)30-28-23-9-5-3-7-19(23)13-17-25(26)28/h2-11,14-15,18H,12-13,16-17H2,1H3. The first-order valence-electron chi connectivity index (χ1n) is 10.8. The van der Waals surface area contributed by atoms with E-state index in [4.69, 9.17) is 9.47 Å². The van der Waals surface area contributed by atoms with Crippen molar-refractivity contribution in [3.05, 3.63) is 112 Å². The van der Waals surface area contributed by atoms with Crippen LogP contribution in [0.3, 0.4) is 0 Å². The van der Waals surface area contributed by atoms with Gasteiger partial charge in [-0.25, -0.2) is 0 Å². The van der Waals surface area contributed by atoms with Crippen molar-refractivity contribution < 1.29 is 9.47 Å². The average molecular weight is 392 g/mol. The molecule has 2 aromatic carbocycles. The third-order valence-corrected chi connectivity index (χ3v) is 6.74. The smallest absolute Gasteiger partial charge is 0.138 e. The van der Waals surface area contributed by atoms with Crippen LogP contribution in [0.4, 0.5) is 0 Å². The minimum Gasteiger partial charge on any atom is -0.497 e. The first kappa shape index (κ1) is 17.6. The van der Waals surface area contributed by atoms with Gasteiger partial charge in [0.1, 0.15) is 17.3 Å². The van der Waals surface area contributed by atoms with Crippen molar-refractivity contribution in [3.63, 3.8) is 0 Å². The van der Waals surface area contributed by atoms with Gasteiger partial charge in [0.05, 0.1) is 7.11 Å². The van der Waals surface area contributed by atoms with Crippen LogP contribution in [0.2, 0.25) is 0 Å². The van der Waals surface area contributed by atoms with E-state index in [0.29, 0.717) is 5.92 Å². The van der Waals surface area contributed by atoms with Crippen molar-refractivity contribution in [2.75, 3.05) is 7.11 Å². The highest BCUT2D eigenvalue weighted by Crippen LogP contribution is 2.52. The molecule has 2 heteroatoms. The van der Waals surface area contributed by atoms with Crippen molar-refractivity contribution in [2.45, 2.75) is 25.7 Å². The maximum absolute atomic E-state index is 6.78. The Morgan fingerprint density at radius 1 is 0.867 bits per heavy atom. The number of hydrogen-bond donors (Lipinski definition) is 0. The van der Waals surface area contributed by atoms with Gasteiger partial charge in [0.15, 0.2) is 0 Å². The third kappa shape index (κ3) is 2.64. The van der Waals surface area contributed by atoms with Crippen LogP contribution in [0.5, 0.6) is 5.75 Å². The van der Waals surface area contributed by atoms with Gasteiger partial charge in [-0.1, -0.05) is 60.7 Å². The summed E-state index contributed by atoms with van der Waals surface area (Å²) in [6.07, 6.45) is 13.1. The van der Waals surface area contributed by atoms with Crippen molar-refractivity contribution >= 4 is 11.3 Å². The number of ether oxygens (including phenoxy) is 2. The summed E-state index contributed by atoms with van der Waals surface area (Å²) in [5, 5.41) is 0. The molecular weight excluding hydrogens is 368 g/mol. The van der Waals surface area contributed by atoms with Crippen LogP contribution < -0.4 is 4.74 Å². The Balaban J connectivity index is 1.61. The second-order valence-electron chi connectivity index (χ2n) is 8.32. The van der Waals surface area contributed by atoms with E-state index in [1.54, 1.807) is 7.11 Å². The normalized spacial score (nSPS) is 21.6. The Labute approximate surface area is 177 Å². The van der Waals surface area contributed by atoms with Crippen LogP contribution in [-0.4, -0.2) is 7.11 Å². The van der Waals surface area contributed by atoms with Gasteiger partial charge in [-0.05, 0) is 54.5 Å². The monoisotopic (exact) mass is 392 g/mol. The largest absolute Gasteiger partial charge is 0.497 e. The van der Waals surface area contributed by atoms with E-state index in [0.717, 1.165) is 43.0 Å². The second kappa shape index (κ2) is 6.91. The van der Waals surface area contributed by atoms with Crippen LogP contribution >= 0.6 is 0 Å². The highest BCUT2D eigenvalue weighted by Gasteiger charge is 2.36. The first-order chi connectivity index (χ1) is 14.8. The van der Waals surface area contributed by atoms with Crippen LogP contribution in [0.1, 0.15) is 36.0 Å². The number of allylic oxidation sites excluding steroid dienone is 8. The zero-order valence-electron chi connectivity index (χ0n) is 17.2. The maximum atomic E-state index is 6.78. The summed E-state index contributed by atoms with van der Waals surface area (Å²) in [6, 6.07) is 17.2. The van der Waals surface area contributed by atoms with Gasteiger partial charge in [-0.15, -0.1) is 0 Å². The third-order valence-electron chi connectivity index (χ3n) is 6.74. The van der Waals surface area contributed by atoms with E-state index in [9.17, 15) is 0 Å². The predicted octanol–water partition coefficient (Wildman–Crippen LogP) is 6.63. The Hall–Kier alpha value is -3.26. The Morgan fingerprint density at radius 2 is 1.73 bits per heavy atom. The molecule has 2 nitrogen and oxygen atoms in total. The molecular formula is C28H24O2. The first-order valence-corrected chi connectivity index (χ1v) is 10.8. The quantitative estimate of drug-likeness (QED) is 0.571. The highest BCUT2D eigenvalue weighted by atomic mass is 16.5. The van der Waals surface area contributed by atoms with E-state index in [1.807, 2.05) is 0 Å². The molecule has 3 aliphatic carbocycles. The van der Waals surface area contributed by atoms with Crippen LogP contribution in [0, 0.1) is 5.92 Å². The molecule has 148 valence electrons. The summed E-state index contributed by atoms with van der Waals surface area (Å²) < 4.78 is 12.2. The maximum Gasteiger partial charge on any atom is 0.138 e. The van der Waals surface area contributed by atoms with Crippen LogP contribution in [-0.2, 0) is 11.2 Å². The van der Waals surface area contributed by atoms with Gasteiger partial charge in [-0.3, -0.25) is 0 Å². The number of aryl methyl sites for hydroxylation is 1. The molecule has 1 heterocycles. The van der Waals surface area contributed by atoms with Crippen LogP contribution in [0.25, 0.3) is 11.3 Å². The number of methoxy groups -OCH3 is 1. The second-order valence-corrected chi connectivity index (χ2v) is 8.32. The van der Waals surface area contributed by atoms with Gasteiger partial charge >= 0.3 is 0 Å². The molecule has 1 atom stereocenters. The molecule has 0 N–H and O–H groups in total. The van der Waals surface area contributed by atoms with E-state index in [-0.39, 0.29) is 0 Å². The molecule has 4 aliphatic rings. The highest BCUT2D eigenvalue weighted by molar-refractivity contribution is 5.94. The Morgan fingerprint density at radius 3 is 2.60 bits per heavy atom. The number of benzene rings is 2. The lowest BCUT2D eigenvalue weighted by molar-refractivity contribution is 0.357. The van der Waals surface area contributed by atoms with Gasteiger partial charge < -0.3 is 9.47 Å². The Bertz CT molecular complexity index is 1190. The molecule has 1 aliphatic heterocycles. The van der Waals surface area contributed by atoms with Crippen molar-refractivity contribution in [2.24, 2.45) is 5.92 Å². The van der Waals surface area contributed by atoms with Gasteiger partial charge in [0.25, 0.3) is 0 Å². The van der Waals surface area contributed by atoms with Crippen LogP contribution in [0.15, 0.2) is 95.3 Å². The number of rotatable bonds is 2. The molecule has 0 bridgehead atoms. The lowest BCUT2D eigenvalue weighted by atomic mass is 9.74. The summed E-state index contributed by atoms with van der Waals surface area (Å²) in [7, 11) is 1.72. The average Bonchev–Trinajstić information content (AvgIpc) is 2.82. The van der Waals surface area contributed by atoms with E-state index in [2.05, 4.69) is 72.8 Å². The lowest BCUT2D eigenvalue weighted by Gasteiger charge is -2.37. The van der Waals surface area contributed by atoms with E-state index < -0.39 is 0 Å². The molecule has 0 aromatic heterocycles. The summed E-state index contributed by atoms with van der Waals surface area (Å²) in [5.41, 5.74) is 9.29. The van der Waals surface area contributed by atoms with Crippen molar-refractivity contribution in [1.82, 2.24) is 0 Å². The SMILES string of the molecule is COc1ccc(C2=C3CCC4C=CC=CC4=C3OC3=C2CCc2ccccc23)cc1. The number of fused-ring (bicyclic) bond motifs is 4. The van der Waals surface area contributed by atoms with Gasteiger partial charge in [0.2, 0.25) is 0 Å². The Kier molecular flexibility index (Phi) is 4.05. The topological polar surface area (TPSA) is 18.5 Å². The molecule has 0 saturated carbocycles. The zero-order valence-corrected chi connectivity index (χ0v) is 17.2. The molecule has 1 unspecified atom stereocenters. The summed E-state index contributed by atoms with van der Waals surface area (Å²) in [4.78, 5) is 0. The fraction of sp³-hybridized carbons (Fsp3) is 0.214. The molecule has 30 heavy (non-hydrogen) atoms. The van der Waals surface area contributed by atoms with Gasteiger partial charge in [0, 0.05) is 28.2 Å². The van der Waals surface area contributed by atoms with Crippen molar-refractivity contribution in [3.8, 4) is 5.75 Å². The lowest BCUT2D eigenvalue weighted by Crippen LogP contribution is -2.21. The van der Waals surface area contributed by atoms with E-state index >= 15 is 0 Å². The molecule has 0 amide bonds. The molecule has 0 radical (unpaired) electrons. The van der Waals surface area contributed by atoms with Gasteiger partial charge in [-0.2, -0.15) is 0 Å².